The highest BCUT2D eigenvalue weighted by atomic mass is 32.3. The molecule has 0 aromatic heterocycles. The van der Waals surface area contributed by atoms with Gasteiger partial charge in [0.2, 0.25) is 0 Å². The second-order valence-corrected chi connectivity index (χ2v) is 4.84. The number of halogens is 11. The maximum absolute atomic E-state index is 12.8. The predicted octanol–water partition coefficient (Wildman–Crippen LogP) is 2.54. The summed E-state index contributed by atoms with van der Waals surface area (Å²) in [6.45, 7) is 0. The Morgan fingerprint density at radius 1 is 0.810 bits per heavy atom. The van der Waals surface area contributed by atoms with Gasteiger partial charge in [-0.3, -0.25) is 0 Å². The van der Waals surface area contributed by atoms with E-state index in [1.54, 1.807) is 4.74 Å². The molecule has 1 heterocycles. The van der Waals surface area contributed by atoms with Gasteiger partial charge in [-0.15, -0.1) is 0 Å². The summed E-state index contributed by atoms with van der Waals surface area (Å²) in [4.78, 5) is -3.74. The summed E-state index contributed by atoms with van der Waals surface area (Å²) >= 11 is 0. The van der Waals surface area contributed by atoms with Crippen molar-refractivity contribution in [1.29, 1.82) is 0 Å². The van der Waals surface area contributed by atoms with Crippen molar-refractivity contribution in [3.63, 3.8) is 0 Å². The highest BCUT2D eigenvalue weighted by Gasteiger charge is 2.88. The molecule has 0 radical (unpaired) electrons. The van der Waals surface area contributed by atoms with Crippen molar-refractivity contribution in [1.82, 2.24) is 4.90 Å². The van der Waals surface area contributed by atoms with Crippen LogP contribution in [0, 0.1) is 0 Å². The quantitative estimate of drug-likeness (QED) is 0.430. The van der Waals surface area contributed by atoms with Crippen molar-refractivity contribution >= 4 is 10.2 Å². The fraction of sp³-hybridized carbons (Fsp3) is 1.00. The van der Waals surface area contributed by atoms with E-state index in [9.17, 15) is 56.2 Å². The first-order valence-electron chi connectivity index (χ1n) is 4.16. The molecule has 1 aliphatic rings. The van der Waals surface area contributed by atoms with Crippen LogP contribution in [0.4, 0.5) is 47.8 Å². The monoisotopic (exact) mass is 363 g/mol. The Morgan fingerprint density at radius 2 is 1.10 bits per heavy atom. The second-order valence-electron chi connectivity index (χ2n) is 3.48. The topological polar surface area (TPSA) is 46.6 Å². The summed E-state index contributed by atoms with van der Waals surface area (Å²) in [5.41, 5.74) is 0. The summed E-state index contributed by atoms with van der Waals surface area (Å²) in [7, 11) is -7.73. The molecule has 16 heteroatoms. The van der Waals surface area contributed by atoms with Crippen LogP contribution in [0.3, 0.4) is 0 Å². The van der Waals surface area contributed by atoms with E-state index in [-0.39, 0.29) is 0 Å². The van der Waals surface area contributed by atoms with Crippen LogP contribution in [0.25, 0.3) is 0 Å². The first-order chi connectivity index (χ1) is 8.82. The van der Waals surface area contributed by atoms with Crippen LogP contribution in [-0.2, 0) is 15.0 Å². The molecule has 0 spiro atoms. The van der Waals surface area contributed by atoms with E-state index >= 15 is 0 Å². The zero-order chi connectivity index (χ0) is 17.3. The Bertz CT molecular complexity index is 516. The Morgan fingerprint density at radius 3 is 1.33 bits per heavy atom. The molecule has 0 bridgehead atoms. The first-order valence-corrected chi connectivity index (χ1v) is 5.54. The van der Waals surface area contributed by atoms with E-state index in [0.29, 0.717) is 0 Å². The molecular formula is C5F11NO3S. The predicted molar refractivity (Wildman–Crippen MR) is 37.7 cm³/mol. The Hall–Kier alpha value is -0.900. The van der Waals surface area contributed by atoms with Gasteiger partial charge < -0.3 is 0 Å². The molecule has 21 heavy (non-hydrogen) atoms. The van der Waals surface area contributed by atoms with E-state index in [0.717, 1.165) is 0 Å². The van der Waals surface area contributed by atoms with Crippen LogP contribution in [0.2, 0.25) is 0 Å². The van der Waals surface area contributed by atoms with Crippen LogP contribution in [0.5, 0.6) is 0 Å². The van der Waals surface area contributed by atoms with Gasteiger partial charge in [0.05, 0.1) is 0 Å². The number of nitrogens with zero attached hydrogens (tertiary/aromatic N) is 1. The van der Waals surface area contributed by atoms with Gasteiger partial charge in [-0.05, 0) is 0 Å². The lowest BCUT2D eigenvalue weighted by Crippen LogP contribution is -2.78. The average molecular weight is 363 g/mol. The number of ether oxygens (including phenoxy) is 1. The summed E-state index contributed by atoms with van der Waals surface area (Å²) in [5, 5.41) is -7.11. The molecule has 4 nitrogen and oxygen atoms in total. The zero-order valence-corrected chi connectivity index (χ0v) is 9.55. The van der Waals surface area contributed by atoms with Gasteiger partial charge in [0.1, 0.15) is 0 Å². The van der Waals surface area contributed by atoms with Crippen LogP contribution < -0.4 is 0 Å². The Balaban J connectivity index is 3.71. The maximum Gasteiger partial charge on any atom is 0.445 e. The van der Waals surface area contributed by atoms with Crippen molar-refractivity contribution in [2.75, 3.05) is 0 Å². The van der Waals surface area contributed by atoms with Gasteiger partial charge in [0, 0.05) is 0 Å². The Labute approximate surface area is 107 Å². The highest BCUT2D eigenvalue weighted by Crippen LogP contribution is 2.59. The van der Waals surface area contributed by atoms with Crippen molar-refractivity contribution in [2.45, 2.75) is 29.7 Å². The molecular weight excluding hydrogens is 363 g/mol. The number of hydrogen-bond donors (Lipinski definition) is 0. The highest BCUT2D eigenvalue weighted by molar-refractivity contribution is 7.87. The fourth-order valence-corrected chi connectivity index (χ4v) is 1.60. The zero-order valence-electron chi connectivity index (χ0n) is 8.74. The first kappa shape index (κ1) is 18.1. The molecule has 126 valence electrons. The lowest BCUT2D eigenvalue weighted by molar-refractivity contribution is -0.579. The average Bonchev–Trinajstić information content (AvgIpc) is 2.09. The normalized spacial score (nSPS) is 28.3. The number of morpholine rings is 1. The molecule has 1 saturated heterocycles. The van der Waals surface area contributed by atoms with Gasteiger partial charge in [0.15, 0.2) is 0 Å². The molecule has 1 rings (SSSR count). The number of alkyl halides is 10. The largest absolute Gasteiger partial charge is 0.445 e. The van der Waals surface area contributed by atoms with E-state index in [1.807, 2.05) is 0 Å². The van der Waals surface area contributed by atoms with Gasteiger partial charge in [-0.1, -0.05) is 8.79 Å². The van der Waals surface area contributed by atoms with E-state index in [2.05, 4.69) is 0 Å². The van der Waals surface area contributed by atoms with Gasteiger partial charge in [-0.25, -0.2) is 4.74 Å². The summed E-state index contributed by atoms with van der Waals surface area (Å²) in [6, 6.07) is -14.0. The smallest absolute Gasteiger partial charge is 0.243 e. The lowest BCUT2D eigenvalue weighted by Gasteiger charge is -2.48. The van der Waals surface area contributed by atoms with E-state index in [1.165, 1.54) is 0 Å². The molecule has 0 aromatic carbocycles. The molecule has 0 N–H and O–H groups in total. The molecule has 1 fully saturated rings. The maximum atomic E-state index is 12.8. The molecule has 0 atom stereocenters. The fourth-order valence-electron chi connectivity index (χ4n) is 1.16. The minimum Gasteiger partial charge on any atom is -0.243 e. The van der Waals surface area contributed by atoms with Crippen molar-refractivity contribution < 1.29 is 60.9 Å². The van der Waals surface area contributed by atoms with Gasteiger partial charge >= 0.3 is 39.9 Å². The second kappa shape index (κ2) is 4.09. The van der Waals surface area contributed by atoms with E-state index in [4.69, 9.17) is 0 Å². The number of rotatable bonds is 2. The summed E-state index contributed by atoms with van der Waals surface area (Å²) in [5.74, 6) is 0. The van der Waals surface area contributed by atoms with Crippen molar-refractivity contribution in [3.05, 3.63) is 0 Å². The minimum absolute atomic E-state index is 1.77. The third kappa shape index (κ3) is 2.23. The van der Waals surface area contributed by atoms with Gasteiger partial charge in [-0.2, -0.15) is 52.3 Å². The standard InChI is InChI=1S/C5F11NO3S/c6-1(7)3(10,11)20-4(12,13)2(8,9)17(1)5(14,15)21(16,18)19. The molecule has 1 aliphatic heterocycles. The van der Waals surface area contributed by atoms with Gasteiger partial charge in [0.25, 0.3) is 0 Å². The van der Waals surface area contributed by atoms with E-state index < -0.39 is 44.8 Å². The minimum atomic E-state index is -7.73. The lowest BCUT2D eigenvalue weighted by atomic mass is 10.3. The summed E-state index contributed by atoms with van der Waals surface area (Å²) < 4.78 is 161. The third-order valence-corrected chi connectivity index (χ3v) is 2.84. The molecule has 0 unspecified atom stereocenters. The molecule has 0 aliphatic carbocycles. The SMILES string of the molecule is O=S(=O)(F)C(F)(F)N1C(F)(F)C(F)(F)OC(F)(F)C1(F)F. The van der Waals surface area contributed by atoms with Crippen LogP contribution in [0.1, 0.15) is 0 Å². The van der Waals surface area contributed by atoms with Crippen LogP contribution >= 0.6 is 0 Å². The van der Waals surface area contributed by atoms with Crippen LogP contribution in [-0.4, -0.2) is 43.0 Å². The summed E-state index contributed by atoms with van der Waals surface area (Å²) in [6.07, 6.45) is -13.4. The van der Waals surface area contributed by atoms with Crippen molar-refractivity contribution in [3.8, 4) is 0 Å². The molecule has 0 amide bonds. The molecule has 0 saturated carbocycles. The third-order valence-electron chi connectivity index (χ3n) is 2.07. The van der Waals surface area contributed by atoms with Crippen LogP contribution in [0.15, 0.2) is 0 Å². The van der Waals surface area contributed by atoms with Crippen molar-refractivity contribution in [2.24, 2.45) is 0 Å². The number of hydrogen-bond acceptors (Lipinski definition) is 4. The Kier molecular flexibility index (Phi) is 3.54. The molecule has 0 aromatic rings.